The highest BCUT2D eigenvalue weighted by atomic mass is 16.1. The van der Waals surface area contributed by atoms with Crippen molar-refractivity contribution >= 4 is 17.4 Å². The summed E-state index contributed by atoms with van der Waals surface area (Å²) >= 11 is 0. The summed E-state index contributed by atoms with van der Waals surface area (Å²) in [5, 5.41) is 14.3. The van der Waals surface area contributed by atoms with E-state index in [-0.39, 0.29) is 11.6 Å². The average molecular weight is 281 g/mol. The molecule has 0 saturated carbocycles. The highest BCUT2D eigenvalue weighted by Gasteiger charge is 2.08. The maximum absolute atomic E-state index is 12.0. The number of amides is 1. The second kappa shape index (κ2) is 7.01. The van der Waals surface area contributed by atoms with Crippen molar-refractivity contribution in [2.75, 3.05) is 17.2 Å². The number of nitrogens with zero attached hydrogens (tertiary/aromatic N) is 3. The Morgan fingerprint density at radius 2 is 2.00 bits per heavy atom. The lowest BCUT2D eigenvalue weighted by Crippen LogP contribution is -2.14. The molecule has 2 aromatic rings. The summed E-state index contributed by atoms with van der Waals surface area (Å²) in [6, 6.07) is 9.19. The van der Waals surface area contributed by atoms with E-state index in [0.717, 1.165) is 12.1 Å². The van der Waals surface area contributed by atoms with Crippen LogP contribution in [0.15, 0.2) is 36.7 Å². The van der Waals surface area contributed by atoms with Crippen LogP contribution in [0.1, 0.15) is 23.0 Å². The molecule has 0 aliphatic carbocycles. The third-order valence-electron chi connectivity index (χ3n) is 2.74. The van der Waals surface area contributed by atoms with Crippen molar-refractivity contribution in [2.24, 2.45) is 0 Å². The molecule has 21 heavy (non-hydrogen) atoms. The number of nitriles is 1. The molecule has 0 fully saturated rings. The van der Waals surface area contributed by atoms with E-state index in [1.165, 1.54) is 12.4 Å². The molecule has 1 heterocycles. The normalized spacial score (nSPS) is 9.71. The van der Waals surface area contributed by atoms with Crippen LogP contribution >= 0.6 is 0 Å². The third-order valence-corrected chi connectivity index (χ3v) is 2.74. The minimum Gasteiger partial charge on any atom is -0.369 e. The van der Waals surface area contributed by atoms with Crippen molar-refractivity contribution in [3.63, 3.8) is 0 Å². The fourth-order valence-corrected chi connectivity index (χ4v) is 1.71. The number of hydrogen-bond acceptors (Lipinski definition) is 5. The molecule has 0 unspecified atom stereocenters. The summed E-state index contributed by atoms with van der Waals surface area (Å²) in [6.45, 7) is 2.70. The summed E-state index contributed by atoms with van der Waals surface area (Å²) in [5.41, 5.74) is 1.81. The molecule has 2 N–H and O–H groups in total. The van der Waals surface area contributed by atoms with Crippen LogP contribution in [-0.4, -0.2) is 22.4 Å². The summed E-state index contributed by atoms with van der Waals surface area (Å²) < 4.78 is 0. The van der Waals surface area contributed by atoms with Gasteiger partial charge in [0.2, 0.25) is 0 Å². The van der Waals surface area contributed by atoms with E-state index in [0.29, 0.717) is 17.9 Å². The highest BCUT2D eigenvalue weighted by molar-refractivity contribution is 6.02. The molecule has 1 amide bonds. The lowest BCUT2D eigenvalue weighted by molar-refractivity contribution is 0.102. The first-order chi connectivity index (χ1) is 10.2. The van der Waals surface area contributed by atoms with Gasteiger partial charge in [0.1, 0.15) is 11.5 Å². The maximum atomic E-state index is 12.0. The van der Waals surface area contributed by atoms with E-state index in [1.54, 1.807) is 24.3 Å². The van der Waals surface area contributed by atoms with Crippen molar-refractivity contribution < 1.29 is 4.79 Å². The van der Waals surface area contributed by atoms with Crippen molar-refractivity contribution in [3.8, 4) is 6.07 Å². The van der Waals surface area contributed by atoms with Crippen molar-refractivity contribution in [1.82, 2.24) is 9.97 Å². The fourth-order valence-electron chi connectivity index (χ4n) is 1.71. The first-order valence-corrected chi connectivity index (χ1v) is 6.56. The van der Waals surface area contributed by atoms with Crippen LogP contribution in [0, 0.1) is 11.3 Å². The Morgan fingerprint density at radius 3 is 2.57 bits per heavy atom. The molecule has 0 saturated heterocycles. The van der Waals surface area contributed by atoms with Gasteiger partial charge < -0.3 is 10.6 Å². The van der Waals surface area contributed by atoms with Gasteiger partial charge in [-0.15, -0.1) is 0 Å². The Kier molecular flexibility index (Phi) is 4.83. The van der Waals surface area contributed by atoms with Crippen LogP contribution in [0.25, 0.3) is 0 Å². The first-order valence-electron chi connectivity index (χ1n) is 6.56. The molecule has 0 aliphatic rings. The zero-order chi connectivity index (χ0) is 15.1. The lowest BCUT2D eigenvalue weighted by atomic mass is 10.1. The molecule has 0 spiro atoms. The van der Waals surface area contributed by atoms with E-state index < -0.39 is 0 Å². The topological polar surface area (TPSA) is 90.7 Å². The summed E-state index contributed by atoms with van der Waals surface area (Å²) in [7, 11) is 0. The number of nitrogens with one attached hydrogen (secondary N) is 2. The van der Waals surface area contributed by atoms with Gasteiger partial charge in [-0.3, -0.25) is 4.79 Å². The van der Waals surface area contributed by atoms with Crippen LogP contribution in [0.4, 0.5) is 11.5 Å². The smallest absolute Gasteiger partial charge is 0.275 e. The van der Waals surface area contributed by atoms with Gasteiger partial charge in [-0.1, -0.05) is 12.1 Å². The number of carbonyl (C=O) groups is 1. The Bertz CT molecular complexity index is 643. The molecule has 6 nitrogen and oxygen atoms in total. The van der Waals surface area contributed by atoms with Crippen molar-refractivity contribution in [3.05, 3.63) is 47.9 Å². The molecular weight excluding hydrogens is 266 g/mol. The summed E-state index contributed by atoms with van der Waals surface area (Å²) in [4.78, 5) is 20.2. The number of benzene rings is 1. The van der Waals surface area contributed by atoms with Crippen LogP contribution in [0.3, 0.4) is 0 Å². The van der Waals surface area contributed by atoms with Gasteiger partial charge in [0.05, 0.1) is 24.9 Å². The fraction of sp³-hybridized carbons (Fsp3) is 0.200. The van der Waals surface area contributed by atoms with Crippen LogP contribution in [-0.2, 0) is 6.42 Å². The summed E-state index contributed by atoms with van der Waals surface area (Å²) in [6.07, 6.45) is 3.30. The SMILES string of the molecule is CCNc1cnc(C(=O)Nc2ccc(CC#N)cc2)cn1. The van der Waals surface area contributed by atoms with Crippen LogP contribution < -0.4 is 10.6 Å². The zero-order valence-corrected chi connectivity index (χ0v) is 11.6. The van der Waals surface area contributed by atoms with Crippen LogP contribution in [0.5, 0.6) is 0 Å². The van der Waals surface area contributed by atoms with Gasteiger partial charge in [-0.05, 0) is 24.6 Å². The zero-order valence-electron chi connectivity index (χ0n) is 11.6. The van der Waals surface area contributed by atoms with E-state index >= 15 is 0 Å². The Hall–Kier alpha value is -2.94. The van der Waals surface area contributed by atoms with Gasteiger partial charge in [-0.2, -0.15) is 5.26 Å². The molecule has 1 aromatic heterocycles. The lowest BCUT2D eigenvalue weighted by Gasteiger charge is -2.06. The second-order valence-corrected chi connectivity index (χ2v) is 4.30. The van der Waals surface area contributed by atoms with Gasteiger partial charge in [-0.25, -0.2) is 9.97 Å². The average Bonchev–Trinajstić information content (AvgIpc) is 2.50. The van der Waals surface area contributed by atoms with Gasteiger partial charge in [0.15, 0.2) is 0 Å². The molecular formula is C15H15N5O. The number of anilines is 2. The Balaban J connectivity index is 2.02. The molecule has 0 aliphatic heterocycles. The number of aromatic nitrogens is 2. The molecule has 106 valence electrons. The quantitative estimate of drug-likeness (QED) is 0.877. The molecule has 0 bridgehead atoms. The van der Waals surface area contributed by atoms with Crippen LogP contribution in [0.2, 0.25) is 0 Å². The molecule has 1 aromatic carbocycles. The minimum atomic E-state index is -0.321. The van der Waals surface area contributed by atoms with Gasteiger partial charge >= 0.3 is 0 Å². The standard InChI is InChI=1S/C15H15N5O/c1-2-17-14-10-18-13(9-19-14)15(21)20-12-5-3-11(4-6-12)7-8-16/h3-6,9-10H,2,7H2,1H3,(H,17,19)(H,20,21). The van der Waals surface area contributed by atoms with Gasteiger partial charge in [0.25, 0.3) is 5.91 Å². The first kappa shape index (κ1) is 14.5. The number of hydrogen-bond donors (Lipinski definition) is 2. The van der Waals surface area contributed by atoms with Crippen molar-refractivity contribution in [1.29, 1.82) is 5.26 Å². The predicted octanol–water partition coefficient (Wildman–Crippen LogP) is 2.23. The molecule has 0 radical (unpaired) electrons. The molecule has 6 heteroatoms. The maximum Gasteiger partial charge on any atom is 0.275 e. The monoisotopic (exact) mass is 281 g/mol. The Labute approximate surface area is 122 Å². The van der Waals surface area contributed by atoms with E-state index in [1.807, 2.05) is 6.92 Å². The Morgan fingerprint density at radius 1 is 1.24 bits per heavy atom. The van der Waals surface area contributed by atoms with E-state index in [4.69, 9.17) is 5.26 Å². The number of rotatable bonds is 5. The molecule has 0 atom stereocenters. The van der Waals surface area contributed by atoms with Gasteiger partial charge in [0, 0.05) is 12.2 Å². The van der Waals surface area contributed by atoms with E-state index in [2.05, 4.69) is 26.7 Å². The number of carbonyl (C=O) groups excluding carboxylic acids is 1. The second-order valence-electron chi connectivity index (χ2n) is 4.30. The van der Waals surface area contributed by atoms with E-state index in [9.17, 15) is 4.79 Å². The predicted molar refractivity (Wildman–Crippen MR) is 79.9 cm³/mol. The third kappa shape index (κ3) is 4.01. The van der Waals surface area contributed by atoms with Crippen molar-refractivity contribution in [2.45, 2.75) is 13.3 Å². The largest absolute Gasteiger partial charge is 0.369 e. The summed E-state index contributed by atoms with van der Waals surface area (Å²) in [5.74, 6) is 0.313. The highest BCUT2D eigenvalue weighted by Crippen LogP contribution is 2.11. The minimum absolute atomic E-state index is 0.248. The molecule has 2 rings (SSSR count).